The third-order valence-electron chi connectivity index (χ3n) is 7.01. The molecule has 2 aliphatic carbocycles. The lowest BCUT2D eigenvalue weighted by Gasteiger charge is -2.43. The number of hydrogen-bond acceptors (Lipinski definition) is 2. The van der Waals surface area contributed by atoms with Crippen molar-refractivity contribution in [3.05, 3.63) is 0 Å². The van der Waals surface area contributed by atoms with Crippen molar-refractivity contribution >= 4 is 0 Å². The molecule has 2 aliphatic rings. The van der Waals surface area contributed by atoms with E-state index >= 15 is 0 Å². The largest absolute Gasteiger partial charge is 0.390 e. The zero-order valence-corrected chi connectivity index (χ0v) is 16.2. The Kier molecular flexibility index (Phi) is 6.55. The lowest BCUT2D eigenvalue weighted by atomic mass is 9.67. The van der Waals surface area contributed by atoms with Gasteiger partial charge in [0.25, 0.3) is 0 Å². The Morgan fingerprint density at radius 2 is 0.727 bits per heavy atom. The fraction of sp³-hybridized carbons (Fsp3) is 1.00. The molecule has 2 fully saturated rings. The predicted molar refractivity (Wildman–Crippen MR) is 94.7 cm³/mol. The molecule has 0 aromatic carbocycles. The third-order valence-corrected chi connectivity index (χ3v) is 7.01. The molecular formula is C20H40O2. The van der Waals surface area contributed by atoms with Crippen LogP contribution in [-0.4, -0.2) is 21.4 Å². The predicted octanol–water partition coefficient (Wildman–Crippen LogP) is 4.88. The molecule has 2 N–H and O–H groups in total. The lowest BCUT2D eigenvalue weighted by Crippen LogP contribution is -2.44. The topological polar surface area (TPSA) is 40.5 Å². The van der Waals surface area contributed by atoms with Crippen LogP contribution in [0.1, 0.15) is 81.1 Å². The Hall–Kier alpha value is -0.0800. The summed E-state index contributed by atoms with van der Waals surface area (Å²) >= 11 is 0. The van der Waals surface area contributed by atoms with E-state index in [2.05, 4.69) is 41.5 Å². The van der Waals surface area contributed by atoms with Crippen molar-refractivity contribution in [2.24, 2.45) is 35.5 Å². The highest BCUT2D eigenvalue weighted by atomic mass is 16.3. The second-order valence-electron chi connectivity index (χ2n) is 9.21. The lowest BCUT2D eigenvalue weighted by molar-refractivity contribution is -0.0792. The molecule has 0 radical (unpaired) electrons. The van der Waals surface area contributed by atoms with Gasteiger partial charge in [0.1, 0.15) is 0 Å². The molecule has 0 aromatic rings. The van der Waals surface area contributed by atoms with E-state index in [1.807, 2.05) is 13.8 Å². The summed E-state index contributed by atoms with van der Waals surface area (Å²) in [5, 5.41) is 20.1. The zero-order chi connectivity index (χ0) is 17.3. The van der Waals surface area contributed by atoms with E-state index in [1.54, 1.807) is 0 Å². The molecule has 0 bridgehead atoms. The first-order valence-electron chi connectivity index (χ1n) is 9.33. The first kappa shape index (κ1) is 20.0. The standard InChI is InChI=1S/2C10H20O/c2*1-7-5-8(2)10(4,11)9(3)6-7/h2*7-9,11H,5-6H2,1-4H3/t2*7?,8-,9+,10?. The van der Waals surface area contributed by atoms with Crippen LogP contribution in [0, 0.1) is 35.5 Å². The summed E-state index contributed by atoms with van der Waals surface area (Å²) in [5.41, 5.74) is -0.848. The van der Waals surface area contributed by atoms with E-state index in [9.17, 15) is 10.2 Å². The molecule has 2 heteroatoms. The molecule has 2 saturated carbocycles. The summed E-state index contributed by atoms with van der Waals surface area (Å²) in [5.74, 6) is 3.42. The smallest absolute Gasteiger partial charge is 0.0670 e. The van der Waals surface area contributed by atoms with Gasteiger partial charge in [-0.1, -0.05) is 41.5 Å². The van der Waals surface area contributed by atoms with Crippen LogP contribution in [0.2, 0.25) is 0 Å². The van der Waals surface area contributed by atoms with Gasteiger partial charge in [-0.3, -0.25) is 0 Å². The molecule has 0 aliphatic heterocycles. The molecule has 2 nitrogen and oxygen atoms in total. The summed E-state index contributed by atoms with van der Waals surface area (Å²) in [6.45, 7) is 17.2. The normalized spacial score (nSPS) is 52.6. The summed E-state index contributed by atoms with van der Waals surface area (Å²) in [7, 11) is 0. The van der Waals surface area contributed by atoms with Crippen molar-refractivity contribution in [1.82, 2.24) is 0 Å². The van der Waals surface area contributed by atoms with Crippen LogP contribution in [0.5, 0.6) is 0 Å². The van der Waals surface area contributed by atoms with E-state index in [-0.39, 0.29) is 0 Å². The minimum atomic E-state index is -0.424. The molecule has 0 amide bonds. The van der Waals surface area contributed by atoms with Gasteiger partial charge in [-0.25, -0.2) is 0 Å². The maximum Gasteiger partial charge on any atom is 0.0670 e. The van der Waals surface area contributed by atoms with Gasteiger partial charge >= 0.3 is 0 Å². The van der Waals surface area contributed by atoms with E-state index in [4.69, 9.17) is 0 Å². The van der Waals surface area contributed by atoms with Gasteiger partial charge in [0.15, 0.2) is 0 Å². The van der Waals surface area contributed by atoms with Gasteiger partial charge in [0, 0.05) is 0 Å². The molecule has 2 rings (SSSR count). The minimum absolute atomic E-state index is 0.424. The van der Waals surface area contributed by atoms with Gasteiger partial charge < -0.3 is 10.2 Å². The molecule has 0 aromatic heterocycles. The van der Waals surface area contributed by atoms with Gasteiger partial charge in [-0.2, -0.15) is 0 Å². The van der Waals surface area contributed by atoms with Crippen LogP contribution < -0.4 is 0 Å². The number of aliphatic hydroxyl groups is 2. The first-order chi connectivity index (χ1) is 9.88. The average Bonchev–Trinajstić information content (AvgIpc) is 2.35. The monoisotopic (exact) mass is 312 g/mol. The summed E-state index contributed by atoms with van der Waals surface area (Å²) in [6.07, 6.45) is 4.71. The van der Waals surface area contributed by atoms with E-state index in [0.717, 1.165) is 11.8 Å². The van der Waals surface area contributed by atoms with Crippen LogP contribution >= 0.6 is 0 Å². The average molecular weight is 313 g/mol. The third kappa shape index (κ3) is 4.47. The SMILES string of the molecule is CC1C[C@@H](C)C(C)(O)[C@@H](C)C1.CC1C[C@@H](C)C(C)(O)[C@@H](C)C1. The fourth-order valence-electron chi connectivity index (χ4n) is 4.53. The van der Waals surface area contributed by atoms with E-state index in [0.29, 0.717) is 23.7 Å². The molecular weight excluding hydrogens is 272 g/mol. The second kappa shape index (κ2) is 7.21. The van der Waals surface area contributed by atoms with E-state index in [1.165, 1.54) is 25.7 Å². The van der Waals surface area contributed by atoms with Crippen LogP contribution in [0.15, 0.2) is 0 Å². The Labute approximate surface area is 138 Å². The maximum absolute atomic E-state index is 10.0. The Morgan fingerprint density at radius 3 is 0.909 bits per heavy atom. The van der Waals surface area contributed by atoms with Crippen LogP contribution in [0.3, 0.4) is 0 Å². The van der Waals surface area contributed by atoms with Crippen molar-refractivity contribution in [3.8, 4) is 0 Å². The van der Waals surface area contributed by atoms with Crippen LogP contribution in [0.4, 0.5) is 0 Å². The van der Waals surface area contributed by atoms with Gasteiger partial charge in [0.2, 0.25) is 0 Å². The minimum Gasteiger partial charge on any atom is -0.390 e. The molecule has 0 heterocycles. The maximum atomic E-state index is 10.0. The van der Waals surface area contributed by atoms with Crippen LogP contribution in [-0.2, 0) is 0 Å². The van der Waals surface area contributed by atoms with Gasteiger partial charge in [-0.15, -0.1) is 0 Å². The molecule has 132 valence electrons. The second-order valence-corrected chi connectivity index (χ2v) is 9.21. The molecule has 0 saturated heterocycles. The van der Waals surface area contributed by atoms with Crippen LogP contribution in [0.25, 0.3) is 0 Å². The molecule has 4 unspecified atom stereocenters. The molecule has 0 spiro atoms. The molecule has 22 heavy (non-hydrogen) atoms. The van der Waals surface area contributed by atoms with Gasteiger partial charge in [-0.05, 0) is 75.0 Å². The van der Waals surface area contributed by atoms with Crippen molar-refractivity contribution in [2.75, 3.05) is 0 Å². The quantitative estimate of drug-likeness (QED) is 0.669. The highest BCUT2D eigenvalue weighted by Gasteiger charge is 2.40. The van der Waals surface area contributed by atoms with Gasteiger partial charge in [0.05, 0.1) is 11.2 Å². The van der Waals surface area contributed by atoms with Crippen molar-refractivity contribution in [3.63, 3.8) is 0 Å². The number of rotatable bonds is 0. The Balaban J connectivity index is 0.000000220. The van der Waals surface area contributed by atoms with Crippen molar-refractivity contribution < 1.29 is 10.2 Å². The van der Waals surface area contributed by atoms with Crippen molar-refractivity contribution in [1.29, 1.82) is 0 Å². The van der Waals surface area contributed by atoms with Crippen molar-refractivity contribution in [2.45, 2.75) is 92.3 Å². The van der Waals surface area contributed by atoms with E-state index < -0.39 is 11.2 Å². The first-order valence-corrected chi connectivity index (χ1v) is 9.33. The Morgan fingerprint density at radius 1 is 0.545 bits per heavy atom. The molecule has 8 atom stereocenters. The number of hydrogen-bond donors (Lipinski definition) is 2. The Bertz CT molecular complexity index is 286. The summed E-state index contributed by atoms with van der Waals surface area (Å²) in [4.78, 5) is 0. The fourth-order valence-corrected chi connectivity index (χ4v) is 4.53. The zero-order valence-electron chi connectivity index (χ0n) is 16.2. The summed E-state index contributed by atoms with van der Waals surface area (Å²) in [6, 6.07) is 0. The summed E-state index contributed by atoms with van der Waals surface area (Å²) < 4.78 is 0. The highest BCUT2D eigenvalue weighted by molar-refractivity contribution is 4.91. The highest BCUT2D eigenvalue weighted by Crippen LogP contribution is 2.41.